The van der Waals surface area contributed by atoms with E-state index in [2.05, 4.69) is 176 Å². The molecule has 2 aliphatic rings. The molecule has 4 aromatic carbocycles. The summed E-state index contributed by atoms with van der Waals surface area (Å²) in [5, 5.41) is 0. The molecule has 2 atom stereocenters. The predicted molar refractivity (Wildman–Crippen MR) is 241 cm³/mol. The minimum Gasteiger partial charge on any atom is -0.147 e. The van der Waals surface area contributed by atoms with Crippen LogP contribution in [-0.2, 0) is 28.2 Å². The Morgan fingerprint density at radius 3 is 1.68 bits per heavy atom. The standard InChI is InChI=1S/C25H31.C22H25.2CH3.2ClH.H2Si.Zr/c1-6-7-8-9-19-16-23-18(2)10-15-22(24(23)17-19)20-11-13-21(14-12-20)25(3,4)5;1-15(2)18-13-17-7-6-8-20(21(17)14-18)16-9-11-19(12-10-16)22(3,4)5;;;;;;/h10-17H,6-9H2,1-5H3;6-15H,1-5H3;2*1H3;2*1H;1H2;. The molecule has 0 fully saturated rings. The van der Waals surface area contributed by atoms with E-state index < -0.39 is 17.4 Å². The van der Waals surface area contributed by atoms with E-state index in [0.29, 0.717) is 13.2 Å². The normalized spacial score (nSPS) is 17.1. The van der Waals surface area contributed by atoms with Crippen LogP contribution in [0.5, 0.6) is 0 Å². The number of allylic oxidation sites excluding steroid dienone is 2. The minimum absolute atomic E-state index is 0. The van der Waals surface area contributed by atoms with Gasteiger partial charge in [0.05, 0.1) is 0 Å². The van der Waals surface area contributed by atoms with E-state index in [4.69, 9.17) is 0 Å². The molecule has 4 heteroatoms. The van der Waals surface area contributed by atoms with E-state index in [0.717, 1.165) is 0 Å². The van der Waals surface area contributed by atoms with Crippen molar-refractivity contribution in [3.8, 4) is 22.3 Å². The van der Waals surface area contributed by atoms with Gasteiger partial charge < -0.3 is 0 Å². The first-order valence-electron chi connectivity index (χ1n) is 19.8. The SMILES string of the molecule is CCCCCC1=Cc2c(-c3ccc(C(C)(C)C)cc3)ccc(C)c2[CH]1[Zr]([CH3])([CH3])(=[SiH2])[CH]1C(C(C)C)=Cc2c(-c3ccc(C(C)(C)C)cc3)cccc21.Cl.Cl. The zero-order chi connectivity index (χ0) is 37.1. The van der Waals surface area contributed by atoms with Crippen LogP contribution in [0.25, 0.3) is 34.4 Å². The topological polar surface area (TPSA) is 0 Å². The summed E-state index contributed by atoms with van der Waals surface area (Å²) in [5.41, 5.74) is 19.7. The molecule has 0 aliphatic heterocycles. The van der Waals surface area contributed by atoms with Gasteiger partial charge in [-0.15, -0.1) is 24.8 Å². The van der Waals surface area contributed by atoms with Gasteiger partial charge in [-0.3, -0.25) is 0 Å². The van der Waals surface area contributed by atoms with Crippen molar-refractivity contribution in [1.82, 2.24) is 0 Å². The van der Waals surface area contributed by atoms with Crippen LogP contribution >= 0.6 is 24.8 Å². The second-order valence-corrected chi connectivity index (χ2v) is 50.0. The van der Waals surface area contributed by atoms with Gasteiger partial charge in [0.1, 0.15) is 0 Å². The molecule has 0 spiro atoms. The van der Waals surface area contributed by atoms with Crippen LogP contribution in [-0.4, -0.2) is 6.88 Å². The fraction of sp³-hybridized carbons (Fsp3) is 0.429. The van der Waals surface area contributed by atoms with Gasteiger partial charge in [-0.25, -0.2) is 0 Å². The van der Waals surface area contributed by atoms with Gasteiger partial charge in [-0.1, -0.05) is 0 Å². The molecule has 0 aromatic heterocycles. The fourth-order valence-electron chi connectivity index (χ4n) is 9.57. The Bertz CT molecular complexity index is 2080. The molecule has 6 rings (SSSR count). The molecule has 2 aliphatic carbocycles. The molecule has 0 amide bonds. The molecule has 0 saturated carbocycles. The summed E-state index contributed by atoms with van der Waals surface area (Å²) >= 11 is -3.81. The fourth-order valence-corrected chi connectivity index (χ4v) is 29.5. The molecule has 0 N–H and O–H groups in total. The summed E-state index contributed by atoms with van der Waals surface area (Å²) in [6.45, 7) is 26.0. The molecule has 0 nitrogen and oxygen atoms in total. The largest absolute Gasteiger partial charge is 0.147 e. The summed E-state index contributed by atoms with van der Waals surface area (Å²) < 4.78 is 6.70. The van der Waals surface area contributed by atoms with Crippen LogP contribution in [0.4, 0.5) is 0 Å². The molecular weight excluding hydrogens is 779 g/mol. The van der Waals surface area contributed by atoms with Gasteiger partial charge in [-0.2, -0.15) is 0 Å². The summed E-state index contributed by atoms with van der Waals surface area (Å²) in [4.78, 5) is 0. The molecule has 0 radical (unpaired) electrons. The minimum atomic E-state index is -3.81. The first-order valence-corrected chi connectivity index (χ1v) is 33.5. The van der Waals surface area contributed by atoms with Crippen LogP contribution < -0.4 is 0 Å². The van der Waals surface area contributed by atoms with Crippen molar-refractivity contribution in [3.63, 3.8) is 0 Å². The number of unbranched alkanes of at least 4 members (excludes halogenated alkanes) is 2. The molecule has 4 aromatic rings. The van der Waals surface area contributed by atoms with Crippen molar-refractivity contribution in [2.75, 3.05) is 0 Å². The molecule has 0 heterocycles. The third kappa shape index (κ3) is 8.29. The Labute approximate surface area is 338 Å². The van der Waals surface area contributed by atoms with Crippen molar-refractivity contribution in [2.24, 2.45) is 5.92 Å². The number of fused-ring (bicyclic) bond motifs is 2. The maximum Gasteiger partial charge on any atom is -0.147 e. The predicted octanol–water partition coefficient (Wildman–Crippen LogP) is 14.9. The van der Waals surface area contributed by atoms with E-state index in [1.807, 2.05) is 0 Å². The van der Waals surface area contributed by atoms with E-state index in [1.54, 1.807) is 22.3 Å². The van der Waals surface area contributed by atoms with Gasteiger partial charge in [-0.05, 0) is 0 Å². The van der Waals surface area contributed by atoms with E-state index in [1.165, 1.54) is 75.8 Å². The Balaban J connectivity index is 0.00000314. The maximum absolute atomic E-state index is 3.81. The monoisotopic (exact) mass is 842 g/mol. The average Bonchev–Trinajstić information content (AvgIpc) is 3.66. The van der Waals surface area contributed by atoms with E-state index in [-0.39, 0.29) is 35.6 Å². The van der Waals surface area contributed by atoms with Gasteiger partial charge in [0.25, 0.3) is 0 Å². The molecule has 0 saturated heterocycles. The second kappa shape index (κ2) is 15.9. The number of hydrogen-bond acceptors (Lipinski definition) is 0. The van der Waals surface area contributed by atoms with E-state index in [9.17, 15) is 0 Å². The van der Waals surface area contributed by atoms with Gasteiger partial charge in [0, 0.05) is 0 Å². The zero-order valence-electron chi connectivity index (χ0n) is 34.7. The Hall–Kier alpha value is -1.96. The molecule has 0 bridgehead atoms. The van der Waals surface area contributed by atoms with Crippen LogP contribution in [0, 0.1) is 12.8 Å². The average molecular weight is 845 g/mol. The van der Waals surface area contributed by atoms with E-state index >= 15 is 0 Å². The van der Waals surface area contributed by atoms with Crippen molar-refractivity contribution >= 4 is 43.8 Å². The molecule has 284 valence electrons. The van der Waals surface area contributed by atoms with Gasteiger partial charge in [0.2, 0.25) is 0 Å². The van der Waals surface area contributed by atoms with Crippen molar-refractivity contribution < 1.29 is 17.4 Å². The number of rotatable bonds is 9. The molecule has 53 heavy (non-hydrogen) atoms. The quantitative estimate of drug-likeness (QED) is 0.116. The summed E-state index contributed by atoms with van der Waals surface area (Å²) in [6.07, 6.45) is 10.4. The number of benzene rings is 4. The third-order valence-electron chi connectivity index (χ3n) is 12.3. The van der Waals surface area contributed by atoms with Crippen LogP contribution in [0.2, 0.25) is 9.26 Å². The Morgan fingerprint density at radius 2 is 1.19 bits per heavy atom. The second-order valence-electron chi connectivity index (χ2n) is 19.5. The van der Waals surface area contributed by atoms with Crippen molar-refractivity contribution in [3.05, 3.63) is 129 Å². The summed E-state index contributed by atoms with van der Waals surface area (Å²) in [5.74, 6) is 0.498. The molecular formula is C49H66Cl2SiZr. The summed E-state index contributed by atoms with van der Waals surface area (Å²) in [6, 6.07) is 31.0. The maximum atomic E-state index is 2.83. The van der Waals surface area contributed by atoms with Crippen molar-refractivity contribution in [1.29, 1.82) is 0 Å². The number of aryl methyl sites for hydroxylation is 1. The van der Waals surface area contributed by atoms with Gasteiger partial charge in [0.15, 0.2) is 0 Å². The van der Waals surface area contributed by atoms with Crippen molar-refractivity contribution in [2.45, 2.75) is 122 Å². The first kappa shape index (κ1) is 43.8. The smallest absolute Gasteiger partial charge is 0.147 e. The molecule has 2 unspecified atom stereocenters. The van der Waals surface area contributed by atoms with Gasteiger partial charge >= 0.3 is 316 Å². The number of halogens is 2. The zero-order valence-corrected chi connectivity index (χ0v) is 40.2. The first-order chi connectivity index (χ1) is 23.8. The van der Waals surface area contributed by atoms with Crippen LogP contribution in [0.1, 0.15) is 134 Å². The Morgan fingerprint density at radius 1 is 0.660 bits per heavy atom. The third-order valence-corrected chi connectivity index (χ3v) is 29.7. The Kier molecular flexibility index (Phi) is 13.1. The van der Waals surface area contributed by atoms with Crippen LogP contribution in [0.15, 0.2) is 90.0 Å². The summed E-state index contributed by atoms with van der Waals surface area (Å²) in [7, 11) is 0. The number of hydrogen-bond donors (Lipinski definition) is 0. The van der Waals surface area contributed by atoms with Crippen LogP contribution in [0.3, 0.4) is 0 Å².